The minimum Gasteiger partial charge on any atom is -0.372 e. The molecule has 4 aromatic rings. The van der Waals surface area contributed by atoms with Crippen molar-refractivity contribution < 1.29 is 9.59 Å². The summed E-state index contributed by atoms with van der Waals surface area (Å²) in [5.74, 6) is 5.34. The summed E-state index contributed by atoms with van der Waals surface area (Å²) in [6, 6.07) is 20.3. The number of imidazole rings is 1. The molecule has 0 radical (unpaired) electrons. The van der Waals surface area contributed by atoms with E-state index in [4.69, 9.17) is 5.84 Å². The number of hydrogen-bond donors (Lipinski definition) is 4. The average Bonchev–Trinajstić information content (AvgIpc) is 3.60. The van der Waals surface area contributed by atoms with E-state index in [9.17, 15) is 9.59 Å². The minimum absolute atomic E-state index is 0.157. The first kappa shape index (κ1) is 24.0. The fraction of sp³-hybridized carbons (Fsp3) is 0.222. The highest BCUT2D eigenvalue weighted by molar-refractivity contribution is 6.05. The summed E-state index contributed by atoms with van der Waals surface area (Å²) in [4.78, 5) is 34.6. The van der Waals surface area contributed by atoms with Crippen LogP contribution >= 0.6 is 0 Å². The molecule has 2 amide bonds. The van der Waals surface area contributed by atoms with Gasteiger partial charge in [-0.2, -0.15) is 0 Å². The molecule has 5 N–H and O–H groups in total. The highest BCUT2D eigenvalue weighted by Crippen LogP contribution is 2.24. The van der Waals surface area contributed by atoms with Gasteiger partial charge in [0, 0.05) is 41.2 Å². The van der Waals surface area contributed by atoms with E-state index in [1.54, 1.807) is 24.3 Å². The van der Waals surface area contributed by atoms with Crippen molar-refractivity contribution in [3.05, 3.63) is 77.9 Å². The fourth-order valence-electron chi connectivity index (χ4n) is 4.09. The predicted molar refractivity (Wildman–Crippen MR) is 140 cm³/mol. The van der Waals surface area contributed by atoms with Gasteiger partial charge in [-0.05, 0) is 67.4 Å². The largest absolute Gasteiger partial charge is 0.372 e. The second kappa shape index (κ2) is 10.8. The number of aromatic amines is 1. The number of hydrogen-bond acceptors (Lipinski definition) is 5. The summed E-state index contributed by atoms with van der Waals surface area (Å²) >= 11 is 0. The molecule has 0 bridgehead atoms. The number of H-pyrrole nitrogens is 1. The molecule has 3 aromatic carbocycles. The third-order valence-corrected chi connectivity index (χ3v) is 5.89. The van der Waals surface area contributed by atoms with E-state index in [2.05, 4.69) is 25.6 Å². The number of carbonyl (C=O) groups is 2. The number of carbonyl (C=O) groups excluding carboxylic acids is 2. The van der Waals surface area contributed by atoms with Crippen LogP contribution in [-0.2, 0) is 0 Å². The van der Waals surface area contributed by atoms with E-state index in [1.165, 1.54) is 12.8 Å². The van der Waals surface area contributed by atoms with E-state index in [0.29, 0.717) is 22.6 Å². The van der Waals surface area contributed by atoms with Gasteiger partial charge in [0.15, 0.2) is 0 Å². The highest BCUT2D eigenvalue weighted by Gasteiger charge is 2.14. The lowest BCUT2D eigenvalue weighted by Crippen LogP contribution is -2.29. The number of nitrogens with zero attached hydrogens (tertiary/aromatic N) is 2. The van der Waals surface area contributed by atoms with Crippen molar-refractivity contribution in [2.24, 2.45) is 5.84 Å². The SMILES string of the molecule is CC.NNC(=O)c1ccc(-c2nc3ccc(NC(=O)c4ccc(N5CCCC5)cc4)cc3[nH]2)cc1. The number of nitrogens with two attached hydrogens (primary N) is 1. The van der Waals surface area contributed by atoms with E-state index >= 15 is 0 Å². The maximum Gasteiger partial charge on any atom is 0.265 e. The summed E-state index contributed by atoms with van der Waals surface area (Å²) in [5, 5.41) is 2.96. The van der Waals surface area contributed by atoms with E-state index < -0.39 is 0 Å². The lowest BCUT2D eigenvalue weighted by molar-refractivity contribution is 0.0952. The summed E-state index contributed by atoms with van der Waals surface area (Å²) in [6.07, 6.45) is 2.44. The topological polar surface area (TPSA) is 116 Å². The zero-order chi connectivity index (χ0) is 24.8. The molecular weight excluding hydrogens is 440 g/mol. The summed E-state index contributed by atoms with van der Waals surface area (Å²) in [5.41, 5.74) is 7.45. The Morgan fingerprint density at radius 3 is 2.17 bits per heavy atom. The van der Waals surface area contributed by atoms with Crippen molar-refractivity contribution in [2.45, 2.75) is 26.7 Å². The van der Waals surface area contributed by atoms with Crippen LogP contribution in [-0.4, -0.2) is 34.9 Å². The van der Waals surface area contributed by atoms with Gasteiger partial charge in [-0.15, -0.1) is 0 Å². The lowest BCUT2D eigenvalue weighted by atomic mass is 10.1. The third kappa shape index (κ3) is 5.33. The number of amides is 2. The number of nitrogen functional groups attached to an aromatic ring is 1. The lowest BCUT2D eigenvalue weighted by Gasteiger charge is -2.17. The molecule has 0 spiro atoms. The molecular formula is C27H30N6O2. The van der Waals surface area contributed by atoms with Crippen molar-refractivity contribution >= 4 is 34.2 Å². The van der Waals surface area contributed by atoms with Gasteiger partial charge < -0.3 is 15.2 Å². The smallest absolute Gasteiger partial charge is 0.265 e. The molecule has 1 aliphatic heterocycles. The molecule has 180 valence electrons. The Morgan fingerprint density at radius 1 is 0.886 bits per heavy atom. The average molecular weight is 471 g/mol. The van der Waals surface area contributed by atoms with Crippen LogP contribution in [0.3, 0.4) is 0 Å². The summed E-state index contributed by atoms with van der Waals surface area (Å²) in [7, 11) is 0. The van der Waals surface area contributed by atoms with Crippen LogP contribution in [0.4, 0.5) is 11.4 Å². The Balaban J connectivity index is 0.00000141. The van der Waals surface area contributed by atoms with Crippen LogP contribution in [0.1, 0.15) is 47.4 Å². The zero-order valence-corrected chi connectivity index (χ0v) is 20.0. The van der Waals surface area contributed by atoms with Crippen molar-refractivity contribution in [2.75, 3.05) is 23.3 Å². The number of fused-ring (bicyclic) bond motifs is 1. The zero-order valence-electron chi connectivity index (χ0n) is 20.0. The van der Waals surface area contributed by atoms with Crippen molar-refractivity contribution in [1.82, 2.24) is 15.4 Å². The highest BCUT2D eigenvalue weighted by atomic mass is 16.2. The van der Waals surface area contributed by atoms with E-state index in [-0.39, 0.29) is 11.8 Å². The maximum absolute atomic E-state index is 12.7. The van der Waals surface area contributed by atoms with Crippen molar-refractivity contribution in [3.63, 3.8) is 0 Å². The first-order valence-electron chi connectivity index (χ1n) is 11.9. The third-order valence-electron chi connectivity index (χ3n) is 5.89. The second-order valence-corrected chi connectivity index (χ2v) is 8.06. The molecule has 5 rings (SSSR count). The number of nitrogens with one attached hydrogen (secondary N) is 3. The van der Waals surface area contributed by atoms with Gasteiger partial charge >= 0.3 is 0 Å². The van der Waals surface area contributed by atoms with Gasteiger partial charge in [0.25, 0.3) is 11.8 Å². The van der Waals surface area contributed by atoms with Gasteiger partial charge in [0.1, 0.15) is 5.82 Å². The summed E-state index contributed by atoms with van der Waals surface area (Å²) in [6.45, 7) is 6.15. The van der Waals surface area contributed by atoms with Crippen LogP contribution in [0.2, 0.25) is 0 Å². The molecule has 8 nitrogen and oxygen atoms in total. The quantitative estimate of drug-likeness (QED) is 0.191. The molecule has 1 fully saturated rings. The molecule has 8 heteroatoms. The van der Waals surface area contributed by atoms with Gasteiger partial charge in [-0.25, -0.2) is 10.8 Å². The molecule has 2 heterocycles. The van der Waals surface area contributed by atoms with Crippen molar-refractivity contribution in [1.29, 1.82) is 0 Å². The number of aromatic nitrogens is 2. The van der Waals surface area contributed by atoms with Crippen LogP contribution in [0.15, 0.2) is 66.7 Å². The molecule has 0 aliphatic carbocycles. The number of hydrazine groups is 1. The number of benzene rings is 3. The standard InChI is InChI=1S/C25H24N6O2.C2H6/c26-30-25(33)18-5-3-16(4-6-18)23-28-21-12-9-19(15-22(21)29-23)27-24(32)17-7-10-20(11-8-17)31-13-1-2-14-31;1-2/h3-12,15H,1-2,13-14,26H2,(H,27,32)(H,28,29)(H,30,33);1-2H3. The number of anilines is 2. The Labute approximate surface area is 204 Å². The molecule has 0 saturated carbocycles. The van der Waals surface area contributed by atoms with Crippen LogP contribution < -0.4 is 21.5 Å². The first-order valence-corrected chi connectivity index (χ1v) is 11.9. The molecule has 35 heavy (non-hydrogen) atoms. The Hall–Kier alpha value is -4.17. The van der Waals surface area contributed by atoms with Gasteiger partial charge in [-0.3, -0.25) is 15.0 Å². The van der Waals surface area contributed by atoms with E-state index in [1.807, 2.05) is 56.3 Å². The normalized spacial score (nSPS) is 12.7. The fourth-order valence-corrected chi connectivity index (χ4v) is 4.09. The van der Waals surface area contributed by atoms with Gasteiger partial charge in [0.2, 0.25) is 0 Å². The van der Waals surface area contributed by atoms with Crippen LogP contribution in [0.25, 0.3) is 22.4 Å². The van der Waals surface area contributed by atoms with Gasteiger partial charge in [0.05, 0.1) is 11.0 Å². The van der Waals surface area contributed by atoms with Crippen LogP contribution in [0.5, 0.6) is 0 Å². The first-order chi connectivity index (χ1) is 17.1. The molecule has 1 aromatic heterocycles. The Bertz CT molecular complexity index is 1310. The molecule has 1 aliphatic rings. The molecule has 0 unspecified atom stereocenters. The van der Waals surface area contributed by atoms with Crippen LogP contribution in [0, 0.1) is 0 Å². The Kier molecular flexibility index (Phi) is 7.42. The minimum atomic E-state index is -0.350. The maximum atomic E-state index is 12.7. The molecule has 0 atom stereocenters. The van der Waals surface area contributed by atoms with Gasteiger partial charge in [-0.1, -0.05) is 26.0 Å². The Morgan fingerprint density at radius 2 is 1.51 bits per heavy atom. The second-order valence-electron chi connectivity index (χ2n) is 8.06. The number of rotatable bonds is 5. The molecule has 1 saturated heterocycles. The predicted octanol–water partition coefficient (Wildman–Crippen LogP) is 4.71. The van der Waals surface area contributed by atoms with Crippen molar-refractivity contribution in [3.8, 4) is 11.4 Å². The monoisotopic (exact) mass is 470 g/mol. The summed E-state index contributed by atoms with van der Waals surface area (Å²) < 4.78 is 0. The van der Waals surface area contributed by atoms with E-state index in [0.717, 1.165) is 35.4 Å².